The van der Waals surface area contributed by atoms with Gasteiger partial charge in [0, 0.05) is 30.2 Å². The molecule has 2 nitrogen and oxygen atoms in total. The molecule has 0 heterocycles. The van der Waals surface area contributed by atoms with E-state index in [9.17, 15) is 0 Å². The fourth-order valence-electron chi connectivity index (χ4n) is 2.66. The van der Waals surface area contributed by atoms with Crippen LogP contribution in [-0.4, -0.2) is 30.6 Å². The van der Waals surface area contributed by atoms with Gasteiger partial charge < -0.3 is 5.32 Å². The Bertz CT molecular complexity index is 371. The van der Waals surface area contributed by atoms with Crippen molar-refractivity contribution in [2.45, 2.75) is 51.2 Å². The van der Waals surface area contributed by atoms with Crippen molar-refractivity contribution in [3.63, 3.8) is 0 Å². The van der Waals surface area contributed by atoms with Gasteiger partial charge in [-0.05, 0) is 44.5 Å². The quantitative estimate of drug-likeness (QED) is 0.855. The molecule has 1 N–H and O–H groups in total. The summed E-state index contributed by atoms with van der Waals surface area (Å²) in [7, 11) is 2.19. The van der Waals surface area contributed by atoms with Crippen molar-refractivity contribution in [1.82, 2.24) is 10.2 Å². The van der Waals surface area contributed by atoms with E-state index in [2.05, 4.69) is 36.3 Å². The van der Waals surface area contributed by atoms with Crippen LogP contribution >= 0.6 is 11.6 Å². The van der Waals surface area contributed by atoms with E-state index in [0.29, 0.717) is 6.04 Å². The van der Waals surface area contributed by atoms with Crippen LogP contribution < -0.4 is 5.32 Å². The molecule has 1 saturated carbocycles. The molecule has 1 unspecified atom stereocenters. The van der Waals surface area contributed by atoms with Gasteiger partial charge in [-0.15, -0.1) is 0 Å². The van der Waals surface area contributed by atoms with Crippen LogP contribution in [0.4, 0.5) is 0 Å². The maximum atomic E-state index is 5.91. The summed E-state index contributed by atoms with van der Waals surface area (Å²) >= 11 is 5.91. The number of likely N-dealkylation sites (N-methyl/N-ethyl adjacent to an activating group) is 1. The summed E-state index contributed by atoms with van der Waals surface area (Å²) in [4.78, 5) is 2.39. The van der Waals surface area contributed by atoms with Crippen molar-refractivity contribution < 1.29 is 0 Å². The molecule has 0 amide bonds. The number of benzene rings is 1. The molecule has 1 aliphatic carbocycles. The summed E-state index contributed by atoms with van der Waals surface area (Å²) in [6, 6.07) is 9.45. The van der Waals surface area contributed by atoms with Gasteiger partial charge in [0.2, 0.25) is 0 Å². The van der Waals surface area contributed by atoms with E-state index in [1.165, 1.54) is 31.2 Å². The molecule has 106 valence electrons. The van der Waals surface area contributed by atoms with Gasteiger partial charge >= 0.3 is 0 Å². The minimum Gasteiger partial charge on any atom is -0.312 e. The summed E-state index contributed by atoms with van der Waals surface area (Å²) < 4.78 is 0. The van der Waals surface area contributed by atoms with E-state index >= 15 is 0 Å². The Balaban J connectivity index is 1.74. The number of hydrogen-bond acceptors (Lipinski definition) is 2. The van der Waals surface area contributed by atoms with Crippen molar-refractivity contribution in [3.05, 3.63) is 34.9 Å². The fraction of sp³-hybridized carbons (Fsp3) is 0.625. The predicted molar refractivity (Wildman–Crippen MR) is 82.6 cm³/mol. The zero-order valence-electron chi connectivity index (χ0n) is 12.0. The van der Waals surface area contributed by atoms with Crippen molar-refractivity contribution in [3.8, 4) is 0 Å². The van der Waals surface area contributed by atoms with Crippen LogP contribution in [0.3, 0.4) is 0 Å². The molecule has 0 spiro atoms. The number of rotatable bonds is 6. The predicted octanol–water partition coefficient (Wildman–Crippen LogP) is 3.69. The molecular formula is C16H25ClN2. The molecule has 0 aliphatic heterocycles. The van der Waals surface area contributed by atoms with Gasteiger partial charge in [0.15, 0.2) is 0 Å². The third-order valence-corrected chi connectivity index (χ3v) is 4.41. The second-order valence-electron chi connectivity index (χ2n) is 5.78. The van der Waals surface area contributed by atoms with E-state index in [4.69, 9.17) is 11.6 Å². The van der Waals surface area contributed by atoms with Gasteiger partial charge in [-0.1, -0.05) is 36.6 Å². The minimum atomic E-state index is 0.552. The zero-order valence-corrected chi connectivity index (χ0v) is 12.8. The van der Waals surface area contributed by atoms with Crippen LogP contribution in [0.15, 0.2) is 24.3 Å². The van der Waals surface area contributed by atoms with Crippen molar-refractivity contribution in [1.29, 1.82) is 0 Å². The monoisotopic (exact) mass is 280 g/mol. The third kappa shape index (κ3) is 4.79. The molecular weight excluding hydrogens is 256 g/mol. The number of nitrogens with one attached hydrogen (secondary N) is 1. The molecule has 2 rings (SSSR count). The van der Waals surface area contributed by atoms with Gasteiger partial charge in [0.1, 0.15) is 0 Å². The lowest BCUT2D eigenvalue weighted by Gasteiger charge is -2.26. The smallest absolute Gasteiger partial charge is 0.0406 e. The van der Waals surface area contributed by atoms with Crippen molar-refractivity contribution >= 4 is 11.6 Å². The molecule has 1 atom stereocenters. The highest BCUT2D eigenvalue weighted by Crippen LogP contribution is 2.18. The molecule has 19 heavy (non-hydrogen) atoms. The second-order valence-corrected chi connectivity index (χ2v) is 6.22. The minimum absolute atomic E-state index is 0.552. The molecule has 0 radical (unpaired) electrons. The first-order valence-electron chi connectivity index (χ1n) is 7.33. The Labute approximate surface area is 122 Å². The summed E-state index contributed by atoms with van der Waals surface area (Å²) in [6.45, 7) is 4.34. The zero-order chi connectivity index (χ0) is 13.7. The Kier molecular flexibility index (Phi) is 5.68. The summed E-state index contributed by atoms with van der Waals surface area (Å²) in [5, 5.41) is 4.50. The number of hydrogen-bond donors (Lipinski definition) is 1. The lowest BCUT2D eigenvalue weighted by molar-refractivity contribution is 0.237. The average Bonchev–Trinajstić information content (AvgIpc) is 2.91. The van der Waals surface area contributed by atoms with E-state index in [0.717, 1.165) is 24.2 Å². The van der Waals surface area contributed by atoms with E-state index in [1.807, 2.05) is 12.1 Å². The summed E-state index contributed by atoms with van der Waals surface area (Å²) in [5.74, 6) is 0. The Morgan fingerprint density at radius 1 is 1.26 bits per heavy atom. The Hall–Kier alpha value is -0.570. The third-order valence-electron chi connectivity index (χ3n) is 4.15. The average molecular weight is 281 g/mol. The fourth-order valence-corrected chi connectivity index (χ4v) is 2.78. The number of halogens is 1. The maximum absolute atomic E-state index is 5.91. The molecule has 1 aromatic rings. The summed E-state index contributed by atoms with van der Waals surface area (Å²) in [6.07, 6.45) is 5.50. The molecule has 0 saturated heterocycles. The first-order valence-corrected chi connectivity index (χ1v) is 7.71. The van der Waals surface area contributed by atoms with Crippen molar-refractivity contribution in [2.75, 3.05) is 13.6 Å². The standard InChI is InChI=1S/C16H25ClN2/c1-13(11-18-16-5-3-4-6-16)19(2)12-14-7-9-15(17)10-8-14/h7-10,13,16,18H,3-6,11-12H2,1-2H3. The van der Waals surface area contributed by atoms with Gasteiger partial charge in [-0.25, -0.2) is 0 Å². The van der Waals surface area contributed by atoms with Crippen LogP contribution in [0, 0.1) is 0 Å². The lowest BCUT2D eigenvalue weighted by atomic mass is 10.2. The van der Waals surface area contributed by atoms with Gasteiger partial charge in [-0.3, -0.25) is 4.90 Å². The Morgan fingerprint density at radius 2 is 1.89 bits per heavy atom. The van der Waals surface area contributed by atoms with E-state index in [-0.39, 0.29) is 0 Å². The summed E-state index contributed by atoms with van der Waals surface area (Å²) in [5.41, 5.74) is 1.32. The van der Waals surface area contributed by atoms with Crippen LogP contribution in [0.2, 0.25) is 5.02 Å². The van der Waals surface area contributed by atoms with E-state index in [1.54, 1.807) is 0 Å². The molecule has 3 heteroatoms. The van der Waals surface area contributed by atoms with E-state index < -0.39 is 0 Å². The maximum Gasteiger partial charge on any atom is 0.0406 e. The largest absolute Gasteiger partial charge is 0.312 e. The molecule has 1 aromatic carbocycles. The highest BCUT2D eigenvalue weighted by atomic mass is 35.5. The molecule has 0 bridgehead atoms. The highest BCUT2D eigenvalue weighted by Gasteiger charge is 2.16. The molecule has 0 aromatic heterocycles. The molecule has 1 aliphatic rings. The normalized spacial score (nSPS) is 18.1. The Morgan fingerprint density at radius 3 is 2.53 bits per heavy atom. The van der Waals surface area contributed by atoms with Crippen molar-refractivity contribution in [2.24, 2.45) is 0 Å². The first kappa shape index (κ1) is 14.8. The van der Waals surface area contributed by atoms with Crippen LogP contribution in [-0.2, 0) is 6.54 Å². The molecule has 1 fully saturated rings. The van der Waals surface area contributed by atoms with Gasteiger partial charge in [0.25, 0.3) is 0 Å². The SMILES string of the molecule is CC(CNC1CCCC1)N(C)Cc1ccc(Cl)cc1. The lowest BCUT2D eigenvalue weighted by Crippen LogP contribution is -2.40. The van der Waals surface area contributed by atoms with Crippen LogP contribution in [0.25, 0.3) is 0 Å². The highest BCUT2D eigenvalue weighted by molar-refractivity contribution is 6.30. The van der Waals surface area contributed by atoms with Crippen LogP contribution in [0.5, 0.6) is 0 Å². The first-order chi connectivity index (χ1) is 9.15. The van der Waals surface area contributed by atoms with Gasteiger partial charge in [0.05, 0.1) is 0 Å². The topological polar surface area (TPSA) is 15.3 Å². The number of nitrogens with zero attached hydrogens (tertiary/aromatic N) is 1. The van der Waals surface area contributed by atoms with Gasteiger partial charge in [-0.2, -0.15) is 0 Å². The second kappa shape index (κ2) is 7.28. The van der Waals surface area contributed by atoms with Crippen LogP contribution in [0.1, 0.15) is 38.2 Å².